The Morgan fingerprint density at radius 1 is 0.205 bits per heavy atom. The maximum absolute atomic E-state index is 2.39. The van der Waals surface area contributed by atoms with Crippen molar-refractivity contribution >= 4 is 21.5 Å². The molecule has 0 radical (unpaired) electrons. The average Bonchev–Trinajstić information content (AvgIpc) is 3.11. The van der Waals surface area contributed by atoms with Crippen LogP contribution >= 0.6 is 0 Å². The van der Waals surface area contributed by atoms with Crippen molar-refractivity contribution in [3.63, 3.8) is 0 Å². The zero-order valence-corrected chi connectivity index (χ0v) is 24.3. The Bertz CT molecular complexity index is 2190. The van der Waals surface area contributed by atoms with Crippen molar-refractivity contribution < 1.29 is 0 Å². The van der Waals surface area contributed by atoms with E-state index in [1.807, 2.05) is 0 Å². The van der Waals surface area contributed by atoms with E-state index in [2.05, 4.69) is 182 Å². The van der Waals surface area contributed by atoms with E-state index >= 15 is 0 Å². The lowest BCUT2D eigenvalue weighted by molar-refractivity contribution is 1.57. The Morgan fingerprint density at radius 3 is 1.11 bits per heavy atom. The summed E-state index contributed by atoms with van der Waals surface area (Å²) in [5.74, 6) is 0. The van der Waals surface area contributed by atoms with Gasteiger partial charge in [0.05, 0.1) is 0 Å². The van der Waals surface area contributed by atoms with Crippen LogP contribution in [0.4, 0.5) is 0 Å². The fourth-order valence-electron chi connectivity index (χ4n) is 6.66. The molecule has 44 heavy (non-hydrogen) atoms. The smallest absolute Gasteiger partial charge is 0.00261 e. The van der Waals surface area contributed by atoms with Crippen LogP contribution in [0.1, 0.15) is 0 Å². The monoisotopic (exact) mass is 558 g/mol. The molecule has 0 aliphatic rings. The second-order valence-corrected chi connectivity index (χ2v) is 11.3. The highest BCUT2D eigenvalue weighted by molar-refractivity contribution is 6.21. The predicted molar refractivity (Wildman–Crippen MR) is 189 cm³/mol. The molecule has 206 valence electrons. The van der Waals surface area contributed by atoms with Crippen molar-refractivity contribution in [2.24, 2.45) is 0 Å². The summed E-state index contributed by atoms with van der Waals surface area (Å²) in [7, 11) is 0. The number of benzene rings is 8. The lowest BCUT2D eigenvalue weighted by Gasteiger charge is -2.19. The molecule has 0 bridgehead atoms. The Hall–Kier alpha value is -5.72. The molecule has 0 N–H and O–H groups in total. The van der Waals surface area contributed by atoms with E-state index in [9.17, 15) is 0 Å². The largest absolute Gasteiger partial charge is 0.0622 e. The third-order valence-corrected chi connectivity index (χ3v) is 8.67. The summed E-state index contributed by atoms with van der Waals surface area (Å²) >= 11 is 0. The quantitative estimate of drug-likeness (QED) is 0.184. The summed E-state index contributed by atoms with van der Waals surface area (Å²) in [5, 5.41) is 5.05. The first-order valence-electron chi connectivity index (χ1n) is 15.2. The molecule has 8 aromatic rings. The minimum absolute atomic E-state index is 1.22. The number of hydrogen-bond donors (Lipinski definition) is 0. The SMILES string of the molecule is c1ccc(-c2cccc(-c3c4ccccc4c(-c4ccc(-c5ccccc5)c(-c5ccccc5)c4)c4ccccc34)c2)cc1. The Labute approximate surface area is 258 Å². The van der Waals surface area contributed by atoms with E-state index in [1.165, 1.54) is 77.2 Å². The molecule has 0 atom stereocenters. The summed E-state index contributed by atoms with van der Waals surface area (Å²) < 4.78 is 0. The number of rotatable bonds is 5. The highest BCUT2D eigenvalue weighted by Gasteiger charge is 2.18. The van der Waals surface area contributed by atoms with Crippen molar-refractivity contribution in [2.75, 3.05) is 0 Å². The first kappa shape index (κ1) is 25.9. The van der Waals surface area contributed by atoms with Gasteiger partial charge in [0.25, 0.3) is 0 Å². The molecule has 0 amide bonds. The van der Waals surface area contributed by atoms with Crippen molar-refractivity contribution in [2.45, 2.75) is 0 Å². The van der Waals surface area contributed by atoms with Crippen LogP contribution in [0.25, 0.3) is 77.2 Å². The molecule has 0 heterocycles. The molecule has 0 saturated heterocycles. The van der Waals surface area contributed by atoms with E-state index in [4.69, 9.17) is 0 Å². The zero-order valence-electron chi connectivity index (χ0n) is 24.3. The van der Waals surface area contributed by atoms with Gasteiger partial charge >= 0.3 is 0 Å². The summed E-state index contributed by atoms with van der Waals surface area (Å²) in [6, 6.07) is 65.9. The molecule has 8 rings (SSSR count). The minimum Gasteiger partial charge on any atom is -0.0622 e. The maximum Gasteiger partial charge on any atom is -0.00261 e. The van der Waals surface area contributed by atoms with Crippen LogP contribution in [0.15, 0.2) is 182 Å². The Kier molecular flexibility index (Phi) is 6.59. The van der Waals surface area contributed by atoms with Crippen LogP contribution in [0.3, 0.4) is 0 Å². The highest BCUT2D eigenvalue weighted by atomic mass is 14.2. The minimum atomic E-state index is 1.22. The second kappa shape index (κ2) is 11.2. The molecule has 0 heteroatoms. The molecule has 0 saturated carbocycles. The van der Waals surface area contributed by atoms with Crippen molar-refractivity contribution in [1.82, 2.24) is 0 Å². The van der Waals surface area contributed by atoms with Gasteiger partial charge in [0.2, 0.25) is 0 Å². The van der Waals surface area contributed by atoms with E-state index in [0.717, 1.165) is 0 Å². The first-order chi connectivity index (χ1) is 21.8. The molecule has 8 aromatic carbocycles. The van der Waals surface area contributed by atoms with Gasteiger partial charge in [-0.15, -0.1) is 0 Å². The molecule has 0 aliphatic heterocycles. The molecule has 0 nitrogen and oxygen atoms in total. The van der Waals surface area contributed by atoms with Crippen LogP contribution < -0.4 is 0 Å². The number of fused-ring (bicyclic) bond motifs is 2. The van der Waals surface area contributed by atoms with Crippen LogP contribution in [-0.4, -0.2) is 0 Å². The van der Waals surface area contributed by atoms with E-state index in [1.54, 1.807) is 0 Å². The first-order valence-corrected chi connectivity index (χ1v) is 15.2. The average molecular weight is 559 g/mol. The second-order valence-electron chi connectivity index (χ2n) is 11.3. The molecule has 0 aliphatic carbocycles. The zero-order chi connectivity index (χ0) is 29.3. The van der Waals surface area contributed by atoms with Crippen LogP contribution in [0, 0.1) is 0 Å². The summed E-state index contributed by atoms with van der Waals surface area (Å²) in [5.41, 5.74) is 12.4. The molecule has 0 spiro atoms. The van der Waals surface area contributed by atoms with Gasteiger partial charge in [-0.05, 0) is 89.3 Å². The van der Waals surface area contributed by atoms with Crippen LogP contribution in [0.2, 0.25) is 0 Å². The van der Waals surface area contributed by atoms with Gasteiger partial charge in [-0.1, -0.05) is 170 Å². The number of hydrogen-bond acceptors (Lipinski definition) is 0. The third-order valence-electron chi connectivity index (χ3n) is 8.67. The van der Waals surface area contributed by atoms with Crippen LogP contribution in [0.5, 0.6) is 0 Å². The lowest BCUT2D eigenvalue weighted by atomic mass is 9.84. The van der Waals surface area contributed by atoms with E-state index in [-0.39, 0.29) is 0 Å². The molecule has 0 aromatic heterocycles. The van der Waals surface area contributed by atoms with Gasteiger partial charge in [0.15, 0.2) is 0 Å². The normalized spacial score (nSPS) is 11.2. The van der Waals surface area contributed by atoms with E-state index < -0.39 is 0 Å². The van der Waals surface area contributed by atoms with Crippen molar-refractivity contribution in [3.8, 4) is 55.6 Å². The van der Waals surface area contributed by atoms with Crippen molar-refractivity contribution in [1.29, 1.82) is 0 Å². The topological polar surface area (TPSA) is 0 Å². The highest BCUT2D eigenvalue weighted by Crippen LogP contribution is 2.45. The molecular weight excluding hydrogens is 528 g/mol. The third kappa shape index (κ3) is 4.58. The lowest BCUT2D eigenvalue weighted by Crippen LogP contribution is -1.92. The Morgan fingerprint density at radius 2 is 0.591 bits per heavy atom. The van der Waals surface area contributed by atoms with Gasteiger partial charge in [-0.25, -0.2) is 0 Å². The maximum atomic E-state index is 2.39. The van der Waals surface area contributed by atoms with Gasteiger partial charge < -0.3 is 0 Å². The standard InChI is InChI=1S/C44H30/c1-4-15-31(16-5-1)34-21-14-22-35(29-34)43-38-23-10-12-25-40(38)44(41-26-13-11-24-39(41)43)36-27-28-37(32-17-6-2-7-18-32)42(30-36)33-19-8-3-9-20-33/h1-30H. The molecular formula is C44H30. The van der Waals surface area contributed by atoms with Gasteiger partial charge in [-0.3, -0.25) is 0 Å². The van der Waals surface area contributed by atoms with Gasteiger partial charge in [-0.2, -0.15) is 0 Å². The van der Waals surface area contributed by atoms with Gasteiger partial charge in [0, 0.05) is 0 Å². The Balaban J connectivity index is 1.40. The summed E-state index contributed by atoms with van der Waals surface area (Å²) in [6.45, 7) is 0. The fraction of sp³-hybridized carbons (Fsp3) is 0. The summed E-state index contributed by atoms with van der Waals surface area (Å²) in [4.78, 5) is 0. The molecule has 0 fully saturated rings. The van der Waals surface area contributed by atoms with E-state index in [0.29, 0.717) is 0 Å². The van der Waals surface area contributed by atoms with Crippen molar-refractivity contribution in [3.05, 3.63) is 182 Å². The summed E-state index contributed by atoms with van der Waals surface area (Å²) in [6.07, 6.45) is 0. The molecule has 0 unspecified atom stereocenters. The van der Waals surface area contributed by atoms with Crippen LogP contribution in [-0.2, 0) is 0 Å². The fourth-order valence-corrected chi connectivity index (χ4v) is 6.66. The predicted octanol–water partition coefficient (Wildman–Crippen LogP) is 12.3. The van der Waals surface area contributed by atoms with Gasteiger partial charge in [0.1, 0.15) is 0 Å².